The van der Waals surface area contributed by atoms with Crippen LogP contribution < -0.4 is 14.6 Å². The van der Waals surface area contributed by atoms with E-state index in [2.05, 4.69) is 222 Å². The minimum Gasteiger partial charge on any atom is -0.309 e. The Bertz CT molecular complexity index is 2910. The van der Waals surface area contributed by atoms with Crippen LogP contribution in [0.25, 0.3) is 49.7 Å². The molecule has 0 fully saturated rings. The van der Waals surface area contributed by atoms with Crippen molar-refractivity contribution in [3.05, 3.63) is 205 Å². The molecule has 0 N–H and O–H groups in total. The van der Waals surface area contributed by atoms with Crippen molar-refractivity contribution in [2.24, 2.45) is 0 Å². The molecular formula is C51H38N3P. The number of hydrogen-bond donors (Lipinski definition) is 0. The molecule has 55 heavy (non-hydrogen) atoms. The van der Waals surface area contributed by atoms with Crippen LogP contribution in [0.3, 0.4) is 0 Å². The first-order chi connectivity index (χ1) is 27.1. The van der Waals surface area contributed by atoms with Crippen molar-refractivity contribution in [2.45, 2.75) is 19.3 Å². The van der Waals surface area contributed by atoms with Gasteiger partial charge in [-0.25, -0.2) is 0 Å². The van der Waals surface area contributed by atoms with Crippen LogP contribution in [-0.2, 0) is 5.41 Å². The van der Waals surface area contributed by atoms with Gasteiger partial charge >= 0.3 is 0 Å². The maximum absolute atomic E-state index is 2.66. The number of benzene rings is 8. The Morgan fingerprint density at radius 2 is 1.04 bits per heavy atom. The van der Waals surface area contributed by atoms with Gasteiger partial charge in [-0.3, -0.25) is 9.34 Å². The summed E-state index contributed by atoms with van der Waals surface area (Å²) in [6.07, 6.45) is 0. The van der Waals surface area contributed by atoms with E-state index in [1.807, 2.05) is 0 Å². The summed E-state index contributed by atoms with van der Waals surface area (Å²) in [5.74, 6) is 0. The van der Waals surface area contributed by atoms with Gasteiger partial charge in [-0.1, -0.05) is 147 Å². The first kappa shape index (κ1) is 32.1. The lowest BCUT2D eigenvalue weighted by atomic mass is 9.82. The smallest absolute Gasteiger partial charge is 0.138 e. The molecule has 11 rings (SSSR count). The van der Waals surface area contributed by atoms with E-state index in [0.29, 0.717) is 0 Å². The number of para-hydroxylation sites is 3. The van der Waals surface area contributed by atoms with Crippen LogP contribution in [0.1, 0.15) is 25.0 Å². The lowest BCUT2D eigenvalue weighted by Gasteiger charge is -2.34. The van der Waals surface area contributed by atoms with Crippen LogP contribution in [0.4, 0.5) is 22.7 Å². The van der Waals surface area contributed by atoms with E-state index in [4.69, 9.17) is 0 Å². The summed E-state index contributed by atoms with van der Waals surface area (Å²) in [6.45, 7) is 4.74. The van der Waals surface area contributed by atoms with Crippen molar-refractivity contribution in [1.82, 2.24) is 4.57 Å². The minimum atomic E-state index is -1.07. The van der Waals surface area contributed by atoms with Gasteiger partial charge in [-0.2, -0.15) is 0 Å². The highest BCUT2D eigenvalue weighted by Gasteiger charge is 2.44. The summed E-state index contributed by atoms with van der Waals surface area (Å²) in [7, 11) is -1.07. The highest BCUT2D eigenvalue weighted by atomic mass is 31.1. The number of rotatable bonds is 5. The van der Waals surface area contributed by atoms with E-state index in [-0.39, 0.29) is 5.41 Å². The van der Waals surface area contributed by atoms with Crippen LogP contribution >= 0.6 is 8.22 Å². The highest BCUT2D eigenvalue weighted by Crippen LogP contribution is 2.67. The van der Waals surface area contributed by atoms with Crippen LogP contribution in [0.15, 0.2) is 194 Å². The fourth-order valence-corrected chi connectivity index (χ4v) is 11.6. The van der Waals surface area contributed by atoms with Gasteiger partial charge in [0.2, 0.25) is 0 Å². The second kappa shape index (κ2) is 12.3. The molecule has 1 aromatic heterocycles. The van der Waals surface area contributed by atoms with Crippen molar-refractivity contribution in [3.63, 3.8) is 0 Å². The van der Waals surface area contributed by atoms with E-state index in [9.17, 15) is 0 Å². The molecule has 0 saturated heterocycles. The molecule has 262 valence electrons. The zero-order chi connectivity index (χ0) is 36.7. The second-order valence-corrected chi connectivity index (χ2v) is 17.0. The van der Waals surface area contributed by atoms with E-state index in [1.165, 1.54) is 88.9 Å². The summed E-state index contributed by atoms with van der Waals surface area (Å²) in [4.78, 5) is 0. The molecule has 1 aliphatic heterocycles. The van der Waals surface area contributed by atoms with Crippen LogP contribution in [0, 0.1) is 0 Å². The topological polar surface area (TPSA) is 11.4 Å². The lowest BCUT2D eigenvalue weighted by molar-refractivity contribution is 0.660. The molecule has 9 aromatic rings. The first-order valence-electron chi connectivity index (χ1n) is 19.0. The normalized spacial score (nSPS) is 15.3. The van der Waals surface area contributed by atoms with Crippen molar-refractivity contribution in [3.8, 4) is 27.9 Å². The molecule has 1 aliphatic carbocycles. The molecule has 1 atom stereocenters. The molecule has 8 aromatic carbocycles. The Balaban J connectivity index is 1.14. The lowest BCUT2D eigenvalue weighted by Crippen LogP contribution is -2.22. The number of fused-ring (bicyclic) bond motifs is 7. The van der Waals surface area contributed by atoms with Gasteiger partial charge in [0.15, 0.2) is 0 Å². The zero-order valence-corrected chi connectivity index (χ0v) is 31.7. The van der Waals surface area contributed by atoms with Crippen LogP contribution in [0.2, 0.25) is 0 Å². The molecule has 0 saturated carbocycles. The summed E-state index contributed by atoms with van der Waals surface area (Å²) in [5, 5.41) is 3.82. The van der Waals surface area contributed by atoms with E-state index < -0.39 is 8.22 Å². The summed E-state index contributed by atoms with van der Waals surface area (Å²) >= 11 is 0. The third kappa shape index (κ3) is 4.80. The number of nitrogens with zero attached hydrogens (tertiary/aromatic N) is 3. The van der Waals surface area contributed by atoms with Crippen molar-refractivity contribution >= 4 is 58.1 Å². The third-order valence-corrected chi connectivity index (χ3v) is 14.0. The fourth-order valence-electron chi connectivity index (χ4n) is 9.11. The van der Waals surface area contributed by atoms with Gasteiger partial charge in [0.1, 0.15) is 8.22 Å². The largest absolute Gasteiger partial charge is 0.309 e. The Labute approximate surface area is 323 Å². The fraction of sp³-hybridized carbons (Fsp3) is 0.0588. The second-order valence-electron chi connectivity index (χ2n) is 15.1. The Kier molecular flexibility index (Phi) is 7.18. The summed E-state index contributed by atoms with van der Waals surface area (Å²) < 4.78 is 7.65. The first-order valence-corrected chi connectivity index (χ1v) is 20.3. The quantitative estimate of drug-likeness (QED) is 0.164. The van der Waals surface area contributed by atoms with Gasteiger partial charge in [0.25, 0.3) is 0 Å². The molecule has 1 unspecified atom stereocenters. The van der Waals surface area contributed by atoms with Gasteiger partial charge < -0.3 is 4.57 Å². The average Bonchev–Trinajstić information content (AvgIpc) is 3.85. The molecule has 0 spiro atoms. The molecule has 3 nitrogen and oxygen atoms in total. The van der Waals surface area contributed by atoms with Crippen molar-refractivity contribution < 1.29 is 0 Å². The molecule has 2 aliphatic rings. The number of anilines is 4. The van der Waals surface area contributed by atoms with Gasteiger partial charge in [0, 0.05) is 38.4 Å². The van der Waals surface area contributed by atoms with E-state index in [1.54, 1.807) is 0 Å². The highest BCUT2D eigenvalue weighted by molar-refractivity contribution is 7.70. The maximum atomic E-state index is 2.66. The standard InChI is InChI=1S/C51H38N3P/c1-51(2)43-25-14-12-24-41(43)50-44(51)26-16-28-48(50)54-47-32-30-36(34-49(47)53(38-19-8-4-9-20-38)55(54)39-21-10-5-11-22-39)35-29-31-46-42(33-35)40-23-13-15-27-45(40)52(46)37-17-6-3-7-18-37/h3-34H,1-2H3. The third-order valence-electron chi connectivity index (χ3n) is 11.6. The van der Waals surface area contributed by atoms with Crippen LogP contribution in [0.5, 0.6) is 0 Å². The number of hydrogen-bond acceptors (Lipinski definition) is 2. The van der Waals surface area contributed by atoms with Crippen molar-refractivity contribution in [2.75, 3.05) is 9.34 Å². The molecular weight excluding hydrogens is 686 g/mol. The minimum absolute atomic E-state index is 0.0920. The van der Waals surface area contributed by atoms with Crippen molar-refractivity contribution in [1.29, 1.82) is 0 Å². The van der Waals surface area contributed by atoms with Gasteiger partial charge in [-0.15, -0.1) is 0 Å². The van der Waals surface area contributed by atoms with Gasteiger partial charge in [0.05, 0.1) is 28.1 Å². The predicted molar refractivity (Wildman–Crippen MR) is 234 cm³/mol. The number of aromatic nitrogens is 1. The predicted octanol–water partition coefficient (Wildman–Crippen LogP) is 13.7. The molecule has 0 bridgehead atoms. The monoisotopic (exact) mass is 723 g/mol. The Hall–Kier alpha value is -6.41. The summed E-state index contributed by atoms with van der Waals surface area (Å²) in [5.41, 5.74) is 16.2. The van der Waals surface area contributed by atoms with Crippen LogP contribution in [-0.4, -0.2) is 4.57 Å². The van der Waals surface area contributed by atoms with E-state index in [0.717, 1.165) is 0 Å². The Morgan fingerprint density at radius 1 is 0.418 bits per heavy atom. The molecule has 0 amide bonds. The average molecular weight is 724 g/mol. The molecule has 2 heterocycles. The SMILES string of the molecule is CC1(C)c2ccccc2-c2c(N3c4ccc(-c5ccc6c(c5)c5ccccc5n6-c5ccccc5)cc4N(c4ccccc4)P3c3ccccc3)cccc21. The molecule has 4 heteroatoms. The van der Waals surface area contributed by atoms with Gasteiger partial charge in [-0.05, 0) is 88.5 Å². The Morgan fingerprint density at radius 3 is 1.84 bits per heavy atom. The zero-order valence-electron chi connectivity index (χ0n) is 30.8. The summed E-state index contributed by atoms with van der Waals surface area (Å²) in [6, 6.07) is 71.6. The van der Waals surface area contributed by atoms with E-state index >= 15 is 0 Å². The maximum Gasteiger partial charge on any atom is 0.138 e. The molecule has 0 radical (unpaired) electrons.